The monoisotopic (exact) mass is 252 g/mol. The van der Waals surface area contributed by atoms with Crippen molar-refractivity contribution < 1.29 is 0 Å². The van der Waals surface area contributed by atoms with E-state index in [1.165, 1.54) is 34.8 Å². The molecule has 2 atom stereocenters. The molecule has 96 valence electrons. The molecule has 1 saturated carbocycles. The van der Waals surface area contributed by atoms with Gasteiger partial charge < -0.3 is 5.32 Å². The van der Waals surface area contributed by atoms with Gasteiger partial charge in [0.15, 0.2) is 0 Å². The molecule has 1 aliphatic rings. The Kier molecular flexibility index (Phi) is 4.21. The van der Waals surface area contributed by atoms with E-state index in [0.717, 1.165) is 18.4 Å². The minimum atomic E-state index is 0.544. The Labute approximate surface area is 109 Å². The Balaban J connectivity index is 2.20. The molecule has 0 aliphatic heterocycles. The van der Waals surface area contributed by atoms with Crippen molar-refractivity contribution in [1.29, 1.82) is 0 Å². The van der Waals surface area contributed by atoms with E-state index in [9.17, 15) is 0 Å². The topological polar surface area (TPSA) is 24.9 Å². The molecule has 2 nitrogen and oxygen atoms in total. The van der Waals surface area contributed by atoms with Crippen LogP contribution in [-0.2, 0) is 6.54 Å². The Morgan fingerprint density at radius 2 is 2.18 bits per heavy atom. The summed E-state index contributed by atoms with van der Waals surface area (Å²) in [4.78, 5) is 6.37. The summed E-state index contributed by atoms with van der Waals surface area (Å²) in [7, 11) is 2.02. The summed E-state index contributed by atoms with van der Waals surface area (Å²) < 4.78 is 0. The van der Waals surface area contributed by atoms with Gasteiger partial charge in [-0.1, -0.05) is 27.2 Å². The molecular weight excluding hydrogens is 228 g/mol. The van der Waals surface area contributed by atoms with Gasteiger partial charge in [0.05, 0.1) is 10.7 Å². The van der Waals surface area contributed by atoms with Gasteiger partial charge in [-0.3, -0.25) is 0 Å². The van der Waals surface area contributed by atoms with Crippen LogP contribution in [0.25, 0.3) is 0 Å². The van der Waals surface area contributed by atoms with Crippen molar-refractivity contribution in [1.82, 2.24) is 10.3 Å². The lowest BCUT2D eigenvalue weighted by molar-refractivity contribution is 0.594. The molecule has 0 spiro atoms. The fourth-order valence-corrected chi connectivity index (χ4v) is 4.11. The van der Waals surface area contributed by atoms with Gasteiger partial charge in [0, 0.05) is 17.3 Å². The molecule has 17 heavy (non-hydrogen) atoms. The van der Waals surface area contributed by atoms with Crippen molar-refractivity contribution >= 4 is 11.3 Å². The Morgan fingerprint density at radius 1 is 1.41 bits per heavy atom. The lowest BCUT2D eigenvalue weighted by atomic mass is 10.1. The molecule has 1 aliphatic carbocycles. The van der Waals surface area contributed by atoms with Crippen molar-refractivity contribution in [2.75, 3.05) is 7.05 Å². The molecule has 0 aromatic carbocycles. The number of nitrogens with zero attached hydrogens (tertiary/aromatic N) is 1. The third-order valence-electron chi connectivity index (χ3n) is 3.67. The van der Waals surface area contributed by atoms with Crippen LogP contribution in [0.4, 0.5) is 0 Å². The van der Waals surface area contributed by atoms with E-state index >= 15 is 0 Å². The molecule has 2 rings (SSSR count). The highest BCUT2D eigenvalue weighted by atomic mass is 32.1. The number of hydrogen-bond donors (Lipinski definition) is 1. The van der Waals surface area contributed by atoms with Crippen molar-refractivity contribution in [3.8, 4) is 0 Å². The van der Waals surface area contributed by atoms with E-state index in [1.807, 2.05) is 18.4 Å². The van der Waals surface area contributed by atoms with E-state index in [-0.39, 0.29) is 0 Å². The summed E-state index contributed by atoms with van der Waals surface area (Å²) >= 11 is 1.94. The molecule has 1 heterocycles. The first-order chi connectivity index (χ1) is 8.11. The molecule has 1 aromatic rings. The highest BCUT2D eigenvalue weighted by Gasteiger charge is 2.26. The standard InChI is InChI=1S/C14H24N2S/c1-9(2)13-12(8-15-4)17-14(16-13)11-6-5-10(3)7-11/h9-11,15H,5-8H2,1-4H3. The van der Waals surface area contributed by atoms with Gasteiger partial charge in [-0.15, -0.1) is 11.3 Å². The van der Waals surface area contributed by atoms with Crippen molar-refractivity contribution in [3.63, 3.8) is 0 Å². The van der Waals surface area contributed by atoms with Crippen LogP contribution >= 0.6 is 11.3 Å². The zero-order chi connectivity index (χ0) is 12.4. The van der Waals surface area contributed by atoms with Crippen molar-refractivity contribution in [2.45, 2.75) is 58.4 Å². The van der Waals surface area contributed by atoms with Crippen LogP contribution in [0.15, 0.2) is 0 Å². The van der Waals surface area contributed by atoms with Crippen LogP contribution in [0, 0.1) is 5.92 Å². The van der Waals surface area contributed by atoms with Crippen LogP contribution in [0.1, 0.15) is 67.4 Å². The molecule has 2 unspecified atom stereocenters. The van der Waals surface area contributed by atoms with Gasteiger partial charge in [0.25, 0.3) is 0 Å². The zero-order valence-electron chi connectivity index (χ0n) is 11.4. The molecule has 1 aromatic heterocycles. The third kappa shape index (κ3) is 2.89. The highest BCUT2D eigenvalue weighted by molar-refractivity contribution is 7.11. The molecule has 3 heteroatoms. The summed E-state index contributed by atoms with van der Waals surface area (Å²) in [6, 6.07) is 0. The smallest absolute Gasteiger partial charge is 0.0962 e. The highest BCUT2D eigenvalue weighted by Crippen LogP contribution is 2.41. The minimum absolute atomic E-state index is 0.544. The third-order valence-corrected chi connectivity index (χ3v) is 4.91. The van der Waals surface area contributed by atoms with E-state index in [2.05, 4.69) is 26.1 Å². The number of thiazole rings is 1. The normalized spacial score (nSPS) is 24.8. The largest absolute Gasteiger partial charge is 0.315 e. The molecule has 0 saturated heterocycles. The van der Waals surface area contributed by atoms with E-state index in [1.54, 1.807) is 0 Å². The van der Waals surface area contributed by atoms with Gasteiger partial charge in [0.2, 0.25) is 0 Å². The number of rotatable bonds is 4. The van der Waals surface area contributed by atoms with Crippen LogP contribution in [-0.4, -0.2) is 12.0 Å². The molecule has 1 fully saturated rings. The second-order valence-electron chi connectivity index (χ2n) is 5.66. The first kappa shape index (κ1) is 13.0. The van der Waals surface area contributed by atoms with Gasteiger partial charge in [0.1, 0.15) is 0 Å². The summed E-state index contributed by atoms with van der Waals surface area (Å²) in [5.41, 5.74) is 1.32. The first-order valence-electron chi connectivity index (χ1n) is 6.75. The van der Waals surface area contributed by atoms with Gasteiger partial charge in [-0.2, -0.15) is 0 Å². The van der Waals surface area contributed by atoms with Crippen LogP contribution in [0.3, 0.4) is 0 Å². The Morgan fingerprint density at radius 3 is 2.71 bits per heavy atom. The van der Waals surface area contributed by atoms with E-state index in [4.69, 9.17) is 4.98 Å². The zero-order valence-corrected chi connectivity index (χ0v) is 12.2. The molecule has 1 N–H and O–H groups in total. The molecule has 0 amide bonds. The average molecular weight is 252 g/mol. The SMILES string of the molecule is CNCc1sc(C2CCC(C)C2)nc1C(C)C. The van der Waals surface area contributed by atoms with Crippen molar-refractivity contribution in [2.24, 2.45) is 5.92 Å². The van der Waals surface area contributed by atoms with E-state index < -0.39 is 0 Å². The first-order valence-corrected chi connectivity index (χ1v) is 7.57. The van der Waals surface area contributed by atoms with Gasteiger partial charge >= 0.3 is 0 Å². The van der Waals surface area contributed by atoms with E-state index in [0.29, 0.717) is 5.92 Å². The fraction of sp³-hybridized carbons (Fsp3) is 0.786. The molecule has 0 radical (unpaired) electrons. The maximum atomic E-state index is 4.92. The maximum Gasteiger partial charge on any atom is 0.0962 e. The predicted octanol–water partition coefficient (Wildman–Crippen LogP) is 3.89. The Hall–Kier alpha value is -0.410. The lowest BCUT2D eigenvalue weighted by Gasteiger charge is -2.05. The summed E-state index contributed by atoms with van der Waals surface area (Å²) in [6.45, 7) is 7.82. The number of nitrogens with one attached hydrogen (secondary N) is 1. The quantitative estimate of drug-likeness (QED) is 0.879. The summed E-state index contributed by atoms with van der Waals surface area (Å²) in [5.74, 6) is 2.17. The van der Waals surface area contributed by atoms with Crippen molar-refractivity contribution in [3.05, 3.63) is 15.6 Å². The van der Waals surface area contributed by atoms with Crippen LogP contribution in [0.5, 0.6) is 0 Å². The lowest BCUT2D eigenvalue weighted by Crippen LogP contribution is -2.06. The summed E-state index contributed by atoms with van der Waals surface area (Å²) in [6.07, 6.45) is 4.05. The molecular formula is C14H24N2S. The second-order valence-corrected chi connectivity index (χ2v) is 6.78. The minimum Gasteiger partial charge on any atom is -0.315 e. The predicted molar refractivity (Wildman–Crippen MR) is 74.7 cm³/mol. The number of hydrogen-bond acceptors (Lipinski definition) is 3. The number of aromatic nitrogens is 1. The summed E-state index contributed by atoms with van der Waals surface area (Å²) in [5, 5.41) is 4.65. The average Bonchev–Trinajstić information content (AvgIpc) is 2.85. The van der Waals surface area contributed by atoms with Gasteiger partial charge in [-0.25, -0.2) is 4.98 Å². The van der Waals surface area contributed by atoms with Crippen LogP contribution in [0.2, 0.25) is 0 Å². The second kappa shape index (κ2) is 5.49. The fourth-order valence-electron chi connectivity index (χ4n) is 2.73. The Bertz CT molecular complexity index is 370. The molecule has 0 bridgehead atoms. The van der Waals surface area contributed by atoms with Gasteiger partial charge in [-0.05, 0) is 31.7 Å². The maximum absolute atomic E-state index is 4.92. The van der Waals surface area contributed by atoms with Crippen LogP contribution < -0.4 is 5.32 Å².